The summed E-state index contributed by atoms with van der Waals surface area (Å²) in [5.74, 6) is 0.933. The average Bonchev–Trinajstić information content (AvgIpc) is 2.72. The second-order valence-corrected chi connectivity index (χ2v) is 3.22. The monoisotopic (exact) mass is 232 g/mol. The van der Waals surface area contributed by atoms with Crippen LogP contribution in [0.3, 0.4) is 0 Å². The van der Waals surface area contributed by atoms with E-state index < -0.39 is 0 Å². The molecule has 0 fully saturated rings. The van der Waals surface area contributed by atoms with Gasteiger partial charge in [0.25, 0.3) is 0 Å². The molecule has 14 heavy (non-hydrogen) atoms. The molecule has 2 heterocycles. The Morgan fingerprint density at radius 1 is 1.43 bits per heavy atom. The summed E-state index contributed by atoms with van der Waals surface area (Å²) in [6.07, 6.45) is 1.50. The standard InChI is InChI=1S/C8H6Cl2N2O2/c1-13-5-4-11-12(8(5)10)7-3-2-6(9)14-7/h2-4H,1H3. The Hall–Kier alpha value is -1.13. The third-order valence-electron chi connectivity index (χ3n) is 1.67. The first kappa shape index (κ1) is 9.43. The SMILES string of the molecule is COc1cnn(-c2ccc(Cl)o2)c1Cl. The number of aromatic nitrogens is 2. The molecule has 2 aromatic heterocycles. The predicted octanol–water partition coefficient (Wildman–Crippen LogP) is 2.78. The molecular formula is C8H6Cl2N2O2. The van der Waals surface area contributed by atoms with Gasteiger partial charge in [-0.3, -0.25) is 0 Å². The number of methoxy groups -OCH3 is 1. The second-order valence-electron chi connectivity index (χ2n) is 2.49. The molecule has 6 heteroatoms. The number of hydrogen-bond acceptors (Lipinski definition) is 3. The van der Waals surface area contributed by atoms with E-state index in [0.29, 0.717) is 16.8 Å². The molecular weight excluding hydrogens is 227 g/mol. The van der Waals surface area contributed by atoms with Crippen LogP contribution in [0.5, 0.6) is 5.75 Å². The average molecular weight is 233 g/mol. The quantitative estimate of drug-likeness (QED) is 0.800. The minimum atomic E-state index is 0.283. The van der Waals surface area contributed by atoms with Gasteiger partial charge >= 0.3 is 0 Å². The molecule has 2 rings (SSSR count). The first-order chi connectivity index (χ1) is 6.72. The molecule has 0 aliphatic rings. The van der Waals surface area contributed by atoms with E-state index in [9.17, 15) is 0 Å². The lowest BCUT2D eigenvalue weighted by molar-refractivity contribution is 0.414. The van der Waals surface area contributed by atoms with Gasteiger partial charge in [-0.25, -0.2) is 0 Å². The summed E-state index contributed by atoms with van der Waals surface area (Å²) in [5.41, 5.74) is 0. The zero-order valence-corrected chi connectivity index (χ0v) is 8.71. The first-order valence-corrected chi connectivity index (χ1v) is 4.51. The van der Waals surface area contributed by atoms with Gasteiger partial charge in [-0.2, -0.15) is 9.78 Å². The van der Waals surface area contributed by atoms with Crippen LogP contribution in [0, 0.1) is 0 Å². The summed E-state index contributed by atoms with van der Waals surface area (Å²) in [7, 11) is 1.52. The van der Waals surface area contributed by atoms with Crippen molar-refractivity contribution >= 4 is 23.2 Å². The molecule has 4 nitrogen and oxygen atoms in total. The van der Waals surface area contributed by atoms with Gasteiger partial charge in [-0.05, 0) is 17.7 Å². The van der Waals surface area contributed by atoms with Crippen LogP contribution < -0.4 is 4.74 Å². The lowest BCUT2D eigenvalue weighted by Crippen LogP contribution is -1.93. The smallest absolute Gasteiger partial charge is 0.223 e. The summed E-state index contributed by atoms with van der Waals surface area (Å²) in [4.78, 5) is 0. The topological polar surface area (TPSA) is 40.2 Å². The fraction of sp³-hybridized carbons (Fsp3) is 0.125. The van der Waals surface area contributed by atoms with Crippen LogP contribution in [0.2, 0.25) is 10.4 Å². The molecule has 0 aliphatic carbocycles. The summed E-state index contributed by atoms with van der Waals surface area (Å²) in [5, 5.41) is 4.61. The molecule has 0 aromatic carbocycles. The van der Waals surface area contributed by atoms with E-state index in [-0.39, 0.29) is 5.22 Å². The van der Waals surface area contributed by atoms with Gasteiger partial charge in [0.05, 0.1) is 13.3 Å². The Bertz CT molecular complexity index is 450. The van der Waals surface area contributed by atoms with Crippen LogP contribution >= 0.6 is 23.2 Å². The number of ether oxygens (including phenoxy) is 1. The summed E-state index contributed by atoms with van der Waals surface area (Å²) >= 11 is 11.6. The molecule has 0 N–H and O–H groups in total. The molecule has 0 atom stereocenters. The first-order valence-electron chi connectivity index (χ1n) is 3.75. The van der Waals surface area contributed by atoms with E-state index in [2.05, 4.69) is 5.10 Å². The van der Waals surface area contributed by atoms with Crippen LogP contribution in [-0.2, 0) is 0 Å². The Morgan fingerprint density at radius 3 is 2.71 bits per heavy atom. The van der Waals surface area contributed by atoms with Crippen molar-refractivity contribution in [2.75, 3.05) is 7.11 Å². The molecule has 0 amide bonds. The van der Waals surface area contributed by atoms with Crippen molar-refractivity contribution < 1.29 is 9.15 Å². The van der Waals surface area contributed by atoms with Crippen molar-refractivity contribution in [1.29, 1.82) is 0 Å². The van der Waals surface area contributed by atoms with Gasteiger partial charge in [0.1, 0.15) is 0 Å². The number of nitrogens with zero attached hydrogens (tertiary/aromatic N) is 2. The molecule has 0 saturated heterocycles. The number of furan rings is 1. The minimum absolute atomic E-state index is 0.283. The zero-order chi connectivity index (χ0) is 10.1. The van der Waals surface area contributed by atoms with Crippen LogP contribution in [0.4, 0.5) is 0 Å². The van der Waals surface area contributed by atoms with Crippen LogP contribution in [0.25, 0.3) is 5.88 Å². The Balaban J connectivity index is 2.46. The Kier molecular flexibility index (Phi) is 2.39. The minimum Gasteiger partial charge on any atom is -0.492 e. The largest absolute Gasteiger partial charge is 0.492 e. The van der Waals surface area contributed by atoms with Crippen molar-refractivity contribution in [2.24, 2.45) is 0 Å². The highest BCUT2D eigenvalue weighted by Crippen LogP contribution is 2.27. The molecule has 0 spiro atoms. The molecule has 0 saturated carbocycles. The van der Waals surface area contributed by atoms with E-state index >= 15 is 0 Å². The van der Waals surface area contributed by atoms with Crippen LogP contribution in [-0.4, -0.2) is 16.9 Å². The van der Waals surface area contributed by atoms with Crippen molar-refractivity contribution in [2.45, 2.75) is 0 Å². The normalized spacial score (nSPS) is 10.5. The molecule has 74 valence electrons. The van der Waals surface area contributed by atoms with Crippen molar-refractivity contribution in [3.63, 3.8) is 0 Å². The van der Waals surface area contributed by atoms with Crippen molar-refractivity contribution in [3.8, 4) is 11.6 Å². The van der Waals surface area contributed by atoms with E-state index in [1.807, 2.05) is 0 Å². The van der Waals surface area contributed by atoms with E-state index in [4.69, 9.17) is 32.4 Å². The van der Waals surface area contributed by atoms with E-state index in [1.54, 1.807) is 12.1 Å². The third-order valence-corrected chi connectivity index (χ3v) is 2.22. The van der Waals surface area contributed by atoms with Crippen molar-refractivity contribution in [3.05, 3.63) is 28.7 Å². The maximum Gasteiger partial charge on any atom is 0.223 e. The van der Waals surface area contributed by atoms with Gasteiger partial charge < -0.3 is 9.15 Å². The summed E-state index contributed by atoms with van der Waals surface area (Å²) in [6.45, 7) is 0. The van der Waals surface area contributed by atoms with Gasteiger partial charge in [0.2, 0.25) is 5.88 Å². The van der Waals surface area contributed by atoms with Gasteiger partial charge in [-0.1, -0.05) is 11.6 Å². The summed E-state index contributed by atoms with van der Waals surface area (Å²) in [6, 6.07) is 3.28. The van der Waals surface area contributed by atoms with Gasteiger partial charge in [0, 0.05) is 6.07 Å². The number of rotatable bonds is 2. The number of hydrogen-bond donors (Lipinski definition) is 0. The maximum absolute atomic E-state index is 5.94. The summed E-state index contributed by atoms with van der Waals surface area (Å²) < 4.78 is 11.5. The van der Waals surface area contributed by atoms with Crippen LogP contribution in [0.15, 0.2) is 22.7 Å². The van der Waals surface area contributed by atoms with Gasteiger partial charge in [0.15, 0.2) is 16.1 Å². The molecule has 0 aliphatic heterocycles. The van der Waals surface area contributed by atoms with Crippen LogP contribution in [0.1, 0.15) is 0 Å². The zero-order valence-electron chi connectivity index (χ0n) is 7.20. The maximum atomic E-state index is 5.94. The second kappa shape index (κ2) is 3.55. The molecule has 2 aromatic rings. The van der Waals surface area contributed by atoms with Crippen molar-refractivity contribution in [1.82, 2.24) is 9.78 Å². The third kappa shape index (κ3) is 1.47. The molecule has 0 radical (unpaired) electrons. The molecule has 0 bridgehead atoms. The number of halogens is 2. The predicted molar refractivity (Wildman–Crippen MR) is 52.4 cm³/mol. The fourth-order valence-corrected chi connectivity index (χ4v) is 1.42. The Morgan fingerprint density at radius 2 is 2.21 bits per heavy atom. The van der Waals surface area contributed by atoms with E-state index in [1.165, 1.54) is 18.0 Å². The highest BCUT2D eigenvalue weighted by atomic mass is 35.5. The molecule has 0 unspecified atom stereocenters. The van der Waals surface area contributed by atoms with Gasteiger partial charge in [-0.15, -0.1) is 0 Å². The Labute approximate surface area is 90.0 Å². The highest BCUT2D eigenvalue weighted by Gasteiger charge is 2.12. The fourth-order valence-electron chi connectivity index (χ4n) is 1.03. The van der Waals surface area contributed by atoms with E-state index in [0.717, 1.165) is 0 Å². The lowest BCUT2D eigenvalue weighted by Gasteiger charge is -1.98. The highest BCUT2D eigenvalue weighted by molar-refractivity contribution is 6.31. The lowest BCUT2D eigenvalue weighted by atomic mass is 10.6.